The Bertz CT molecular complexity index is 1130. The summed E-state index contributed by atoms with van der Waals surface area (Å²) in [4.78, 5) is 18.7. The number of piperidine rings is 1. The van der Waals surface area contributed by atoms with Gasteiger partial charge in [-0.05, 0) is 93.4 Å². The van der Waals surface area contributed by atoms with Crippen LogP contribution in [0.3, 0.4) is 0 Å². The van der Waals surface area contributed by atoms with E-state index < -0.39 is 18.1 Å². The molecule has 2 heterocycles. The number of carboxylic acids is 1. The van der Waals surface area contributed by atoms with Crippen LogP contribution in [0.15, 0.2) is 54.7 Å². The second-order valence-electron chi connectivity index (χ2n) is 9.71. The number of benzene rings is 2. The summed E-state index contributed by atoms with van der Waals surface area (Å²) in [7, 11) is 1.59. The van der Waals surface area contributed by atoms with Gasteiger partial charge in [0, 0.05) is 18.1 Å². The molecular weight excluding hydrogens is 443 g/mol. The Hall–Kier alpha value is -2.99. The summed E-state index contributed by atoms with van der Waals surface area (Å²) in [5.41, 5.74) is 3.89. The van der Waals surface area contributed by atoms with Crippen molar-refractivity contribution in [2.45, 2.75) is 45.2 Å². The van der Waals surface area contributed by atoms with Gasteiger partial charge in [0.15, 0.2) is 0 Å². The van der Waals surface area contributed by atoms with Crippen molar-refractivity contribution in [1.82, 2.24) is 9.88 Å². The summed E-state index contributed by atoms with van der Waals surface area (Å²) in [6.45, 7) is 4.39. The normalized spacial score (nSPS) is 19.5. The van der Waals surface area contributed by atoms with E-state index in [-0.39, 0.29) is 5.92 Å². The number of aromatic nitrogens is 1. The van der Waals surface area contributed by atoms with Crippen LogP contribution < -0.4 is 4.74 Å². The largest absolute Gasteiger partial charge is 0.497 e. The van der Waals surface area contributed by atoms with E-state index in [1.165, 1.54) is 11.1 Å². The second kappa shape index (κ2) is 11.6. The maximum Gasteiger partial charge on any atom is 0.308 e. The van der Waals surface area contributed by atoms with Gasteiger partial charge in [-0.2, -0.15) is 0 Å². The van der Waals surface area contributed by atoms with Gasteiger partial charge in [0.05, 0.1) is 18.5 Å². The van der Waals surface area contributed by atoms with Crippen LogP contribution in [0.1, 0.15) is 48.5 Å². The number of aliphatic carboxylic acids is 1. The molecule has 1 aromatic heterocycles. The Morgan fingerprint density at radius 1 is 1.23 bits per heavy atom. The van der Waals surface area contributed by atoms with Gasteiger partial charge < -0.3 is 14.7 Å². The molecule has 0 spiro atoms. The van der Waals surface area contributed by atoms with E-state index in [4.69, 9.17) is 4.74 Å². The van der Waals surface area contributed by atoms with Gasteiger partial charge >= 0.3 is 5.97 Å². The maximum atomic E-state index is 15.4. The van der Waals surface area contributed by atoms with E-state index in [1.807, 2.05) is 18.2 Å². The third-order valence-corrected chi connectivity index (χ3v) is 7.33. The summed E-state index contributed by atoms with van der Waals surface area (Å²) in [5, 5.41) is 10.6. The Morgan fingerprint density at radius 2 is 2.03 bits per heavy atom. The van der Waals surface area contributed by atoms with Gasteiger partial charge in [0.25, 0.3) is 0 Å². The lowest BCUT2D eigenvalue weighted by Gasteiger charge is -2.37. The zero-order chi connectivity index (χ0) is 24.8. The number of carboxylic acid groups (broad SMARTS) is 1. The topological polar surface area (TPSA) is 62.7 Å². The number of methoxy groups -OCH3 is 1. The molecule has 186 valence electrons. The lowest BCUT2D eigenvalue weighted by Crippen LogP contribution is -2.44. The molecule has 4 rings (SSSR count). The Labute approximate surface area is 206 Å². The highest BCUT2D eigenvalue weighted by Gasteiger charge is 2.34. The molecule has 0 amide bonds. The molecule has 0 radical (unpaired) electrons. The number of likely N-dealkylation sites (tertiary alicyclic amines) is 1. The summed E-state index contributed by atoms with van der Waals surface area (Å²) >= 11 is 0. The zero-order valence-corrected chi connectivity index (χ0v) is 20.6. The maximum absolute atomic E-state index is 15.4. The van der Waals surface area contributed by atoms with E-state index in [0.717, 1.165) is 43.3 Å². The van der Waals surface area contributed by atoms with Crippen molar-refractivity contribution >= 4 is 16.9 Å². The van der Waals surface area contributed by atoms with Crippen LogP contribution >= 0.6 is 0 Å². The van der Waals surface area contributed by atoms with Crippen LogP contribution in [-0.4, -0.2) is 47.7 Å². The molecule has 3 aromatic rings. The molecule has 0 saturated carbocycles. The number of aryl methyl sites for hydroxylation is 2. The molecule has 1 aliphatic rings. The molecule has 0 bridgehead atoms. The van der Waals surface area contributed by atoms with Crippen LogP contribution in [0, 0.1) is 18.8 Å². The third kappa shape index (κ3) is 6.37. The van der Waals surface area contributed by atoms with Crippen LogP contribution in [0.5, 0.6) is 5.75 Å². The highest BCUT2D eigenvalue weighted by molar-refractivity contribution is 5.83. The van der Waals surface area contributed by atoms with Crippen molar-refractivity contribution < 1.29 is 19.0 Å². The highest BCUT2D eigenvalue weighted by Crippen LogP contribution is 2.35. The van der Waals surface area contributed by atoms with Crippen molar-refractivity contribution in [2.75, 3.05) is 26.7 Å². The summed E-state index contributed by atoms with van der Waals surface area (Å²) in [5.74, 6) is -0.571. The van der Waals surface area contributed by atoms with E-state index in [0.29, 0.717) is 30.7 Å². The number of fused-ring (bicyclic) bond motifs is 1. The predicted octanol–water partition coefficient (Wildman–Crippen LogP) is 6.00. The van der Waals surface area contributed by atoms with Gasteiger partial charge in [-0.15, -0.1) is 0 Å². The number of halogens is 1. The van der Waals surface area contributed by atoms with Gasteiger partial charge in [-0.25, -0.2) is 4.39 Å². The number of alkyl halides is 1. The fourth-order valence-corrected chi connectivity index (χ4v) is 5.22. The summed E-state index contributed by atoms with van der Waals surface area (Å²) in [6.07, 6.45) is 4.11. The first kappa shape index (κ1) is 25.1. The molecule has 6 heteroatoms. The average Bonchev–Trinajstić information content (AvgIpc) is 2.88. The lowest BCUT2D eigenvalue weighted by atomic mass is 9.81. The molecular formula is C29H35FN2O3. The molecule has 1 fully saturated rings. The van der Waals surface area contributed by atoms with E-state index >= 15 is 4.39 Å². The quantitative estimate of drug-likeness (QED) is 0.387. The molecule has 5 nitrogen and oxygen atoms in total. The van der Waals surface area contributed by atoms with Gasteiger partial charge in [0.1, 0.15) is 11.9 Å². The minimum absolute atomic E-state index is 0.0123. The van der Waals surface area contributed by atoms with Crippen molar-refractivity contribution in [3.63, 3.8) is 0 Å². The molecule has 2 aromatic carbocycles. The summed E-state index contributed by atoms with van der Waals surface area (Å²) < 4.78 is 20.7. The Kier molecular flexibility index (Phi) is 8.34. The average molecular weight is 479 g/mol. The minimum Gasteiger partial charge on any atom is -0.497 e. The van der Waals surface area contributed by atoms with Gasteiger partial charge in [0.2, 0.25) is 0 Å². The molecule has 1 unspecified atom stereocenters. The fourth-order valence-electron chi connectivity index (χ4n) is 5.22. The number of hydrogen-bond donors (Lipinski definition) is 1. The molecule has 35 heavy (non-hydrogen) atoms. The van der Waals surface area contributed by atoms with Crippen molar-refractivity contribution in [1.29, 1.82) is 0 Å². The molecule has 3 atom stereocenters. The van der Waals surface area contributed by atoms with Crippen LogP contribution in [0.2, 0.25) is 0 Å². The monoisotopic (exact) mass is 478 g/mol. The lowest BCUT2D eigenvalue weighted by molar-refractivity contribution is -0.146. The van der Waals surface area contributed by atoms with Crippen LogP contribution in [0.4, 0.5) is 4.39 Å². The second-order valence-corrected chi connectivity index (χ2v) is 9.71. The zero-order valence-electron chi connectivity index (χ0n) is 20.6. The number of hydrogen-bond acceptors (Lipinski definition) is 4. The first-order valence-corrected chi connectivity index (χ1v) is 12.5. The van der Waals surface area contributed by atoms with E-state index in [1.54, 1.807) is 19.4 Å². The smallest absolute Gasteiger partial charge is 0.308 e. The van der Waals surface area contributed by atoms with Crippen molar-refractivity contribution in [3.05, 3.63) is 71.4 Å². The first-order valence-electron chi connectivity index (χ1n) is 12.5. The van der Waals surface area contributed by atoms with Crippen molar-refractivity contribution in [3.8, 4) is 5.75 Å². The SMILES string of the molecule is COc1ccc2nccc(C(F)CC[C@@H]3CCN(CCCc4ccc(C)cc4)C[C@@H]3C(=O)O)c2c1. The molecule has 1 saturated heterocycles. The first-order chi connectivity index (χ1) is 16.9. The third-order valence-electron chi connectivity index (χ3n) is 7.33. The number of carbonyl (C=O) groups is 1. The molecule has 1 N–H and O–H groups in total. The van der Waals surface area contributed by atoms with Gasteiger partial charge in [-0.3, -0.25) is 9.78 Å². The van der Waals surface area contributed by atoms with Crippen LogP contribution in [0.25, 0.3) is 10.9 Å². The predicted molar refractivity (Wildman–Crippen MR) is 137 cm³/mol. The highest BCUT2D eigenvalue weighted by atomic mass is 19.1. The Morgan fingerprint density at radius 3 is 2.77 bits per heavy atom. The van der Waals surface area contributed by atoms with Crippen molar-refractivity contribution in [2.24, 2.45) is 11.8 Å². The number of rotatable bonds is 10. The number of ether oxygens (including phenoxy) is 1. The molecule has 0 aliphatic carbocycles. The standard InChI is InChI=1S/C29H35FN2O3/c1-20-5-7-21(8-6-20)4-3-16-32-17-14-22(26(19-32)29(33)34)9-11-27(30)24-13-15-31-28-12-10-23(35-2)18-25(24)28/h5-8,10,12-13,15,18,22,26-27H,3-4,9,11,14,16-17,19H2,1-2H3,(H,33,34)/t22-,26+,27?/m1/s1. The van der Waals surface area contributed by atoms with E-state index in [9.17, 15) is 9.90 Å². The van der Waals surface area contributed by atoms with E-state index in [2.05, 4.69) is 41.1 Å². The summed E-state index contributed by atoms with van der Waals surface area (Å²) in [6, 6.07) is 15.8. The number of pyridine rings is 1. The minimum atomic E-state index is -1.17. The molecule has 1 aliphatic heterocycles. The van der Waals surface area contributed by atoms with Crippen LogP contribution in [-0.2, 0) is 11.2 Å². The fraction of sp³-hybridized carbons (Fsp3) is 0.448. The van der Waals surface area contributed by atoms with Gasteiger partial charge in [-0.1, -0.05) is 29.8 Å². The Balaban J connectivity index is 1.32. The number of nitrogens with zero attached hydrogens (tertiary/aromatic N) is 2.